The maximum absolute atomic E-state index is 5.97. The van der Waals surface area contributed by atoms with Crippen LogP contribution in [0.4, 0.5) is 0 Å². The minimum atomic E-state index is 0.621. The van der Waals surface area contributed by atoms with Crippen LogP contribution in [-0.2, 0) is 0 Å². The Kier molecular flexibility index (Phi) is 2.61. The first-order valence-electron chi connectivity index (χ1n) is 4.14. The van der Waals surface area contributed by atoms with Crippen molar-refractivity contribution in [1.82, 2.24) is 9.78 Å². The lowest BCUT2D eigenvalue weighted by molar-refractivity contribution is 0.873. The summed E-state index contributed by atoms with van der Waals surface area (Å²) in [6.07, 6.45) is 1.68. The SMILES string of the molecule is Cc1cc(Br)ccc1-n1nccc1Cl. The van der Waals surface area contributed by atoms with E-state index in [1.54, 1.807) is 16.9 Å². The van der Waals surface area contributed by atoms with Gasteiger partial charge in [-0.1, -0.05) is 27.5 Å². The Labute approximate surface area is 95.6 Å². The molecule has 2 rings (SSSR count). The summed E-state index contributed by atoms with van der Waals surface area (Å²) >= 11 is 9.39. The van der Waals surface area contributed by atoms with Crippen LogP contribution in [0.5, 0.6) is 0 Å². The fourth-order valence-corrected chi connectivity index (χ4v) is 1.99. The molecule has 0 bridgehead atoms. The van der Waals surface area contributed by atoms with Crippen LogP contribution in [0.2, 0.25) is 5.15 Å². The molecule has 0 aliphatic heterocycles. The smallest absolute Gasteiger partial charge is 0.132 e. The normalized spacial score (nSPS) is 10.5. The number of hydrogen-bond acceptors (Lipinski definition) is 1. The van der Waals surface area contributed by atoms with Gasteiger partial charge in [0.05, 0.1) is 11.9 Å². The van der Waals surface area contributed by atoms with Crippen molar-refractivity contribution in [2.75, 3.05) is 0 Å². The van der Waals surface area contributed by atoms with Crippen LogP contribution in [0.1, 0.15) is 5.56 Å². The van der Waals surface area contributed by atoms with E-state index >= 15 is 0 Å². The second-order valence-electron chi connectivity index (χ2n) is 3.00. The summed E-state index contributed by atoms with van der Waals surface area (Å²) in [6, 6.07) is 7.76. The molecular formula is C10H8BrClN2. The van der Waals surface area contributed by atoms with Crippen molar-refractivity contribution in [2.45, 2.75) is 6.92 Å². The summed E-state index contributed by atoms with van der Waals surface area (Å²) in [7, 11) is 0. The van der Waals surface area contributed by atoms with Gasteiger partial charge in [0, 0.05) is 4.47 Å². The molecule has 1 aromatic carbocycles. The Morgan fingerprint density at radius 2 is 2.14 bits per heavy atom. The summed E-state index contributed by atoms with van der Waals surface area (Å²) in [6.45, 7) is 2.03. The van der Waals surface area contributed by atoms with Gasteiger partial charge in [-0.05, 0) is 36.8 Å². The Morgan fingerprint density at radius 3 is 2.71 bits per heavy atom. The number of halogens is 2. The van der Waals surface area contributed by atoms with Crippen molar-refractivity contribution in [2.24, 2.45) is 0 Å². The molecule has 0 amide bonds. The quantitative estimate of drug-likeness (QED) is 0.775. The topological polar surface area (TPSA) is 17.8 Å². The van der Waals surface area contributed by atoms with E-state index < -0.39 is 0 Å². The van der Waals surface area contributed by atoms with Crippen LogP contribution in [-0.4, -0.2) is 9.78 Å². The molecule has 4 heteroatoms. The Balaban J connectivity index is 2.58. The highest BCUT2D eigenvalue weighted by atomic mass is 79.9. The van der Waals surface area contributed by atoms with Crippen molar-refractivity contribution < 1.29 is 0 Å². The zero-order chi connectivity index (χ0) is 10.1. The molecule has 0 N–H and O–H groups in total. The Morgan fingerprint density at radius 1 is 1.36 bits per heavy atom. The van der Waals surface area contributed by atoms with E-state index in [0.717, 1.165) is 15.7 Å². The van der Waals surface area contributed by atoms with Gasteiger partial charge in [-0.15, -0.1) is 0 Å². The van der Waals surface area contributed by atoms with Gasteiger partial charge in [0.2, 0.25) is 0 Å². The van der Waals surface area contributed by atoms with Crippen LogP contribution in [0, 0.1) is 6.92 Å². The van der Waals surface area contributed by atoms with Crippen LogP contribution in [0.3, 0.4) is 0 Å². The van der Waals surface area contributed by atoms with E-state index in [0.29, 0.717) is 5.15 Å². The molecule has 0 radical (unpaired) electrons. The predicted molar refractivity (Wildman–Crippen MR) is 61.0 cm³/mol. The summed E-state index contributed by atoms with van der Waals surface area (Å²) in [5, 5.41) is 4.77. The van der Waals surface area contributed by atoms with E-state index in [-0.39, 0.29) is 0 Å². The number of rotatable bonds is 1. The van der Waals surface area contributed by atoms with Gasteiger partial charge in [-0.2, -0.15) is 5.10 Å². The molecule has 0 saturated carbocycles. The van der Waals surface area contributed by atoms with E-state index in [4.69, 9.17) is 11.6 Å². The second-order valence-corrected chi connectivity index (χ2v) is 4.30. The molecule has 14 heavy (non-hydrogen) atoms. The first-order chi connectivity index (χ1) is 6.68. The van der Waals surface area contributed by atoms with Crippen LogP contribution >= 0.6 is 27.5 Å². The van der Waals surface area contributed by atoms with Crippen molar-refractivity contribution in [3.63, 3.8) is 0 Å². The minimum Gasteiger partial charge on any atom is -0.222 e. The zero-order valence-corrected chi connectivity index (χ0v) is 9.88. The molecular weight excluding hydrogens is 263 g/mol. The molecule has 0 saturated heterocycles. The van der Waals surface area contributed by atoms with Crippen LogP contribution < -0.4 is 0 Å². The molecule has 2 aromatic rings. The Bertz CT molecular complexity index is 465. The van der Waals surface area contributed by atoms with E-state index in [2.05, 4.69) is 21.0 Å². The summed E-state index contributed by atoms with van der Waals surface area (Å²) in [5.41, 5.74) is 2.13. The van der Waals surface area contributed by atoms with Gasteiger partial charge in [0.15, 0.2) is 0 Å². The molecule has 0 unspecified atom stereocenters. The fourth-order valence-electron chi connectivity index (χ4n) is 1.32. The van der Waals surface area contributed by atoms with Gasteiger partial charge in [0.25, 0.3) is 0 Å². The molecule has 0 fully saturated rings. The number of aryl methyl sites for hydroxylation is 1. The van der Waals surface area contributed by atoms with Gasteiger partial charge in [-0.3, -0.25) is 0 Å². The third-order valence-electron chi connectivity index (χ3n) is 1.98. The average molecular weight is 272 g/mol. The van der Waals surface area contributed by atoms with E-state index in [1.165, 1.54) is 0 Å². The molecule has 0 atom stereocenters. The second kappa shape index (κ2) is 3.75. The zero-order valence-electron chi connectivity index (χ0n) is 7.54. The highest BCUT2D eigenvalue weighted by Crippen LogP contribution is 2.21. The lowest BCUT2D eigenvalue weighted by atomic mass is 10.2. The average Bonchev–Trinajstić information content (AvgIpc) is 2.52. The molecule has 0 aliphatic rings. The summed E-state index contributed by atoms with van der Waals surface area (Å²) < 4.78 is 2.77. The Hall–Kier alpha value is -0.800. The number of nitrogens with zero attached hydrogens (tertiary/aromatic N) is 2. The third-order valence-corrected chi connectivity index (χ3v) is 2.76. The lowest BCUT2D eigenvalue weighted by Gasteiger charge is -2.06. The summed E-state index contributed by atoms with van der Waals surface area (Å²) in [4.78, 5) is 0. The van der Waals surface area contributed by atoms with E-state index in [1.807, 2.05) is 25.1 Å². The highest BCUT2D eigenvalue weighted by molar-refractivity contribution is 9.10. The monoisotopic (exact) mass is 270 g/mol. The van der Waals surface area contributed by atoms with E-state index in [9.17, 15) is 0 Å². The van der Waals surface area contributed by atoms with Crippen molar-refractivity contribution in [3.05, 3.63) is 45.7 Å². The number of hydrogen-bond donors (Lipinski definition) is 0. The van der Waals surface area contributed by atoms with Crippen LogP contribution in [0.15, 0.2) is 34.9 Å². The minimum absolute atomic E-state index is 0.621. The maximum atomic E-state index is 5.97. The van der Waals surface area contributed by atoms with Gasteiger partial charge < -0.3 is 0 Å². The largest absolute Gasteiger partial charge is 0.222 e. The molecule has 2 nitrogen and oxygen atoms in total. The molecule has 72 valence electrons. The first kappa shape index (κ1) is 9.74. The lowest BCUT2D eigenvalue weighted by Crippen LogP contribution is -1.98. The molecule has 1 aromatic heterocycles. The maximum Gasteiger partial charge on any atom is 0.132 e. The number of aromatic nitrogens is 2. The molecule has 1 heterocycles. The van der Waals surface area contributed by atoms with Gasteiger partial charge in [0.1, 0.15) is 5.15 Å². The van der Waals surface area contributed by atoms with Crippen molar-refractivity contribution in [1.29, 1.82) is 0 Å². The summed E-state index contributed by atoms with van der Waals surface area (Å²) in [5.74, 6) is 0. The first-order valence-corrected chi connectivity index (χ1v) is 5.31. The van der Waals surface area contributed by atoms with Crippen LogP contribution in [0.25, 0.3) is 5.69 Å². The molecule has 0 aliphatic carbocycles. The predicted octanol–water partition coefficient (Wildman–Crippen LogP) is 3.60. The molecule has 0 spiro atoms. The van der Waals surface area contributed by atoms with Crippen molar-refractivity contribution in [3.8, 4) is 5.69 Å². The highest BCUT2D eigenvalue weighted by Gasteiger charge is 2.05. The number of benzene rings is 1. The van der Waals surface area contributed by atoms with Gasteiger partial charge in [-0.25, -0.2) is 4.68 Å². The van der Waals surface area contributed by atoms with Crippen molar-refractivity contribution >= 4 is 27.5 Å². The third kappa shape index (κ3) is 1.70. The fraction of sp³-hybridized carbons (Fsp3) is 0.100. The van der Waals surface area contributed by atoms with Gasteiger partial charge >= 0.3 is 0 Å². The standard InChI is InChI=1S/C10H8BrClN2/c1-7-6-8(11)2-3-9(7)14-10(12)4-5-13-14/h2-6H,1H3.